The Bertz CT molecular complexity index is 634. The Morgan fingerprint density at radius 3 is 2.86 bits per heavy atom. The molecule has 1 aliphatic carbocycles. The Balaban J connectivity index is 1.64. The van der Waals surface area contributed by atoms with Crippen LogP contribution in [0.1, 0.15) is 29.8 Å². The van der Waals surface area contributed by atoms with Crippen LogP contribution in [0, 0.1) is 6.92 Å². The maximum atomic E-state index is 5.89. The molecule has 0 saturated heterocycles. The first-order chi connectivity index (χ1) is 10.1. The number of hydrogen-bond donors (Lipinski definition) is 1. The Kier molecular flexibility index (Phi) is 4.31. The van der Waals surface area contributed by atoms with Crippen molar-refractivity contribution in [2.45, 2.75) is 39.0 Å². The van der Waals surface area contributed by atoms with Gasteiger partial charge in [0.05, 0.1) is 11.4 Å². The number of nitrogens with zero attached hydrogens (tertiary/aromatic N) is 2. The lowest BCUT2D eigenvalue weighted by molar-refractivity contribution is 0.294. The molecule has 1 aromatic heterocycles. The van der Waals surface area contributed by atoms with Crippen LogP contribution in [0.2, 0.25) is 0 Å². The fraction of sp³-hybridized carbons (Fsp3) is 0.438. The molecule has 0 amide bonds. The fourth-order valence-electron chi connectivity index (χ4n) is 2.27. The minimum Gasteiger partial charge on any atom is -0.487 e. The number of aromatic nitrogens is 2. The predicted molar refractivity (Wildman–Crippen MR) is 86.3 cm³/mol. The van der Waals surface area contributed by atoms with Gasteiger partial charge in [0.1, 0.15) is 12.4 Å². The Labute approximate surface area is 133 Å². The summed E-state index contributed by atoms with van der Waals surface area (Å²) in [6, 6.07) is 8.90. The molecule has 0 unspecified atom stereocenters. The van der Waals surface area contributed by atoms with Crippen molar-refractivity contribution in [2.75, 3.05) is 0 Å². The second kappa shape index (κ2) is 6.20. The van der Waals surface area contributed by atoms with Gasteiger partial charge in [-0.15, -0.1) is 0 Å². The van der Waals surface area contributed by atoms with Crippen molar-refractivity contribution < 1.29 is 4.74 Å². The van der Waals surface area contributed by atoms with E-state index in [0.29, 0.717) is 12.6 Å². The number of rotatable bonds is 6. The zero-order chi connectivity index (χ0) is 14.8. The van der Waals surface area contributed by atoms with Crippen molar-refractivity contribution in [2.24, 2.45) is 7.05 Å². The quantitative estimate of drug-likeness (QED) is 0.869. The molecule has 1 heterocycles. The number of aryl methyl sites for hydroxylation is 2. The first-order valence-corrected chi connectivity index (χ1v) is 8.05. The standard InChI is InChI=1S/C16H20BrN3O/c1-11-7-14(20(2)19-11)10-21-15-5-6-16(17)12(8-15)9-18-13-3-4-13/h5-8,13,18H,3-4,9-10H2,1-2H3. The second-order valence-corrected chi connectivity index (χ2v) is 6.45. The van der Waals surface area contributed by atoms with E-state index in [1.165, 1.54) is 18.4 Å². The number of benzene rings is 1. The molecule has 1 aromatic carbocycles. The van der Waals surface area contributed by atoms with E-state index < -0.39 is 0 Å². The van der Waals surface area contributed by atoms with E-state index in [1.54, 1.807) is 0 Å². The third-order valence-electron chi connectivity index (χ3n) is 3.66. The molecular formula is C16H20BrN3O. The number of nitrogens with one attached hydrogen (secondary N) is 1. The molecular weight excluding hydrogens is 330 g/mol. The smallest absolute Gasteiger partial charge is 0.130 e. The second-order valence-electron chi connectivity index (χ2n) is 5.60. The maximum Gasteiger partial charge on any atom is 0.130 e. The van der Waals surface area contributed by atoms with Crippen LogP contribution in [-0.4, -0.2) is 15.8 Å². The summed E-state index contributed by atoms with van der Waals surface area (Å²) in [7, 11) is 1.94. The molecule has 4 nitrogen and oxygen atoms in total. The van der Waals surface area contributed by atoms with E-state index in [-0.39, 0.29) is 0 Å². The topological polar surface area (TPSA) is 39.1 Å². The Morgan fingerprint density at radius 1 is 1.38 bits per heavy atom. The minimum absolute atomic E-state index is 0.536. The summed E-state index contributed by atoms with van der Waals surface area (Å²) < 4.78 is 8.88. The molecule has 0 atom stereocenters. The molecule has 5 heteroatoms. The lowest BCUT2D eigenvalue weighted by Gasteiger charge is -2.10. The Hall–Kier alpha value is -1.33. The molecule has 1 aliphatic rings. The summed E-state index contributed by atoms with van der Waals surface area (Å²) in [4.78, 5) is 0. The van der Waals surface area contributed by atoms with Crippen molar-refractivity contribution in [3.8, 4) is 5.75 Å². The lowest BCUT2D eigenvalue weighted by atomic mass is 10.2. The van der Waals surface area contributed by atoms with Crippen molar-refractivity contribution in [1.29, 1.82) is 0 Å². The fourth-order valence-corrected chi connectivity index (χ4v) is 2.66. The summed E-state index contributed by atoms with van der Waals surface area (Å²) in [5.74, 6) is 0.893. The van der Waals surface area contributed by atoms with Gasteiger partial charge in [0, 0.05) is 24.1 Å². The van der Waals surface area contributed by atoms with Gasteiger partial charge in [0.15, 0.2) is 0 Å². The molecule has 0 spiro atoms. The van der Waals surface area contributed by atoms with Crippen LogP contribution in [0.5, 0.6) is 5.75 Å². The van der Waals surface area contributed by atoms with Crippen LogP contribution in [-0.2, 0) is 20.2 Å². The SMILES string of the molecule is Cc1cc(COc2ccc(Br)c(CNC3CC3)c2)n(C)n1. The van der Waals surface area contributed by atoms with E-state index in [0.717, 1.165) is 28.2 Å². The Morgan fingerprint density at radius 2 is 2.19 bits per heavy atom. The molecule has 0 radical (unpaired) electrons. The summed E-state index contributed by atoms with van der Waals surface area (Å²) in [5, 5.41) is 7.86. The van der Waals surface area contributed by atoms with Gasteiger partial charge < -0.3 is 10.1 Å². The van der Waals surface area contributed by atoms with Crippen molar-refractivity contribution >= 4 is 15.9 Å². The van der Waals surface area contributed by atoms with Gasteiger partial charge in [-0.25, -0.2) is 0 Å². The highest BCUT2D eigenvalue weighted by Gasteiger charge is 2.20. The summed E-state index contributed by atoms with van der Waals surface area (Å²) in [5.41, 5.74) is 3.33. The molecule has 0 bridgehead atoms. The third kappa shape index (κ3) is 3.86. The molecule has 3 rings (SSSR count). The largest absolute Gasteiger partial charge is 0.487 e. The first-order valence-electron chi connectivity index (χ1n) is 7.26. The van der Waals surface area contributed by atoms with E-state index in [2.05, 4.69) is 38.5 Å². The normalized spacial score (nSPS) is 14.4. The first kappa shape index (κ1) is 14.6. The molecule has 112 valence electrons. The summed E-state index contributed by atoms with van der Waals surface area (Å²) >= 11 is 3.60. The average Bonchev–Trinajstić information content (AvgIpc) is 3.22. The molecule has 2 aromatic rings. The molecule has 1 N–H and O–H groups in total. The van der Waals surface area contributed by atoms with Crippen LogP contribution >= 0.6 is 15.9 Å². The van der Waals surface area contributed by atoms with Gasteiger partial charge >= 0.3 is 0 Å². The van der Waals surface area contributed by atoms with Gasteiger partial charge in [-0.1, -0.05) is 15.9 Å². The van der Waals surface area contributed by atoms with Crippen molar-refractivity contribution in [3.05, 3.63) is 45.7 Å². The predicted octanol–water partition coefficient (Wildman–Crippen LogP) is 3.32. The number of hydrogen-bond acceptors (Lipinski definition) is 3. The zero-order valence-corrected chi connectivity index (χ0v) is 14.0. The van der Waals surface area contributed by atoms with Gasteiger partial charge in [-0.3, -0.25) is 4.68 Å². The summed E-state index contributed by atoms with van der Waals surface area (Å²) in [6.07, 6.45) is 2.60. The van der Waals surface area contributed by atoms with Crippen molar-refractivity contribution in [3.63, 3.8) is 0 Å². The highest BCUT2D eigenvalue weighted by atomic mass is 79.9. The highest BCUT2D eigenvalue weighted by Crippen LogP contribution is 2.25. The van der Waals surface area contributed by atoms with Crippen LogP contribution in [0.4, 0.5) is 0 Å². The monoisotopic (exact) mass is 349 g/mol. The molecule has 21 heavy (non-hydrogen) atoms. The van der Waals surface area contributed by atoms with Crippen LogP contribution in [0.25, 0.3) is 0 Å². The molecule has 1 fully saturated rings. The number of halogens is 1. The average molecular weight is 350 g/mol. The van der Waals surface area contributed by atoms with E-state index in [9.17, 15) is 0 Å². The maximum absolute atomic E-state index is 5.89. The highest BCUT2D eigenvalue weighted by molar-refractivity contribution is 9.10. The summed E-state index contributed by atoms with van der Waals surface area (Å²) in [6.45, 7) is 3.41. The minimum atomic E-state index is 0.536. The van der Waals surface area contributed by atoms with Gasteiger partial charge in [-0.2, -0.15) is 5.10 Å². The van der Waals surface area contributed by atoms with Gasteiger partial charge in [0.2, 0.25) is 0 Å². The van der Waals surface area contributed by atoms with Crippen LogP contribution in [0.15, 0.2) is 28.7 Å². The van der Waals surface area contributed by atoms with E-state index in [1.807, 2.05) is 30.8 Å². The molecule has 1 saturated carbocycles. The lowest BCUT2D eigenvalue weighted by Crippen LogP contribution is -2.15. The van der Waals surface area contributed by atoms with Gasteiger partial charge in [-0.05, 0) is 49.6 Å². The van der Waals surface area contributed by atoms with Crippen molar-refractivity contribution in [1.82, 2.24) is 15.1 Å². The van der Waals surface area contributed by atoms with E-state index >= 15 is 0 Å². The van der Waals surface area contributed by atoms with Crippen LogP contribution < -0.4 is 10.1 Å². The third-order valence-corrected chi connectivity index (χ3v) is 4.43. The number of ether oxygens (including phenoxy) is 1. The molecule has 0 aliphatic heterocycles. The van der Waals surface area contributed by atoms with E-state index in [4.69, 9.17) is 4.74 Å². The van der Waals surface area contributed by atoms with Gasteiger partial charge in [0.25, 0.3) is 0 Å². The zero-order valence-electron chi connectivity index (χ0n) is 12.4. The van der Waals surface area contributed by atoms with Crippen LogP contribution in [0.3, 0.4) is 0 Å².